The van der Waals surface area contributed by atoms with Crippen molar-refractivity contribution in [1.29, 1.82) is 0 Å². The van der Waals surface area contributed by atoms with Gasteiger partial charge in [0.2, 0.25) is 0 Å². The van der Waals surface area contributed by atoms with Gasteiger partial charge in [0.15, 0.2) is 5.16 Å². The molecule has 0 aliphatic heterocycles. The van der Waals surface area contributed by atoms with Crippen molar-refractivity contribution in [2.24, 2.45) is 0 Å². The number of aromatic nitrogens is 2. The highest BCUT2D eigenvalue weighted by Gasteiger charge is 2.18. The fourth-order valence-electron chi connectivity index (χ4n) is 3.01. The van der Waals surface area contributed by atoms with E-state index in [4.69, 9.17) is 4.74 Å². The van der Waals surface area contributed by atoms with Crippen LogP contribution in [0.4, 0.5) is 10.1 Å². The van der Waals surface area contributed by atoms with Gasteiger partial charge < -0.3 is 10.1 Å². The van der Waals surface area contributed by atoms with E-state index in [1.165, 1.54) is 35.7 Å². The van der Waals surface area contributed by atoms with Crippen LogP contribution in [0.1, 0.15) is 21.6 Å². The maximum atomic E-state index is 13.2. The summed E-state index contributed by atoms with van der Waals surface area (Å²) in [5, 5.41) is 3.37. The molecule has 0 saturated carbocycles. The zero-order valence-corrected chi connectivity index (χ0v) is 20.3. The van der Waals surface area contributed by atoms with Crippen molar-refractivity contribution < 1.29 is 13.9 Å². The van der Waals surface area contributed by atoms with Gasteiger partial charge in [-0.3, -0.25) is 4.79 Å². The zero-order valence-electron chi connectivity index (χ0n) is 18.6. The quantitative estimate of drug-likeness (QED) is 0.220. The molecule has 0 atom stereocenters. The minimum atomic E-state index is -0.339. The number of hydrogen-bond donors (Lipinski definition) is 1. The summed E-state index contributed by atoms with van der Waals surface area (Å²) < 4.78 is 18.4. The lowest BCUT2D eigenvalue weighted by Gasteiger charge is -2.11. The van der Waals surface area contributed by atoms with Crippen LogP contribution in [0, 0.1) is 12.7 Å². The number of rotatable bonds is 8. The number of methoxy groups -OCH3 is 1. The molecular formula is C26H22FN3O2S2. The third-order valence-electron chi connectivity index (χ3n) is 4.81. The number of amides is 1. The predicted octanol–water partition coefficient (Wildman–Crippen LogP) is 6.63. The minimum absolute atomic E-state index is 0.279. The summed E-state index contributed by atoms with van der Waals surface area (Å²) in [6.07, 6.45) is 1.67. The number of anilines is 1. The fraction of sp³-hybridized carbons (Fsp3) is 0.115. The number of nitrogens with one attached hydrogen (secondary N) is 1. The van der Waals surface area contributed by atoms with E-state index < -0.39 is 0 Å². The topological polar surface area (TPSA) is 64.1 Å². The van der Waals surface area contributed by atoms with Crippen LogP contribution < -0.4 is 10.1 Å². The van der Waals surface area contributed by atoms with Gasteiger partial charge in [0.25, 0.3) is 5.91 Å². The third kappa shape index (κ3) is 6.36. The lowest BCUT2D eigenvalue weighted by molar-refractivity contribution is 0.101. The largest absolute Gasteiger partial charge is 0.497 e. The van der Waals surface area contributed by atoms with Crippen LogP contribution in [0.25, 0.3) is 0 Å². The fourth-order valence-corrected chi connectivity index (χ4v) is 4.65. The molecule has 172 valence electrons. The monoisotopic (exact) mass is 491 g/mol. The summed E-state index contributed by atoms with van der Waals surface area (Å²) >= 11 is 2.82. The highest BCUT2D eigenvalue weighted by atomic mass is 32.2. The van der Waals surface area contributed by atoms with Crippen molar-refractivity contribution in [3.05, 3.63) is 102 Å². The molecule has 4 rings (SSSR count). The summed E-state index contributed by atoms with van der Waals surface area (Å²) in [5.74, 6) is 0.583. The first-order valence-electron chi connectivity index (χ1n) is 10.4. The van der Waals surface area contributed by atoms with Gasteiger partial charge in [0.1, 0.15) is 17.3 Å². The van der Waals surface area contributed by atoms with Crippen LogP contribution in [-0.2, 0) is 5.75 Å². The van der Waals surface area contributed by atoms with Crippen LogP contribution in [0.3, 0.4) is 0 Å². The lowest BCUT2D eigenvalue weighted by Crippen LogP contribution is -2.16. The number of halogens is 1. The third-order valence-corrected chi connectivity index (χ3v) is 6.76. The second-order valence-electron chi connectivity index (χ2n) is 7.38. The zero-order chi connectivity index (χ0) is 23.9. The number of carbonyl (C=O) groups excluding carboxylic acids is 1. The SMILES string of the molecule is COc1cccc(NC(=O)c2nc(SCc3ccc(F)cc3)ncc2Sc2ccc(C)cc2)c1. The van der Waals surface area contributed by atoms with Gasteiger partial charge in [-0.15, -0.1) is 0 Å². The molecule has 1 aromatic heterocycles. The van der Waals surface area contributed by atoms with Gasteiger partial charge in [-0.25, -0.2) is 14.4 Å². The van der Waals surface area contributed by atoms with Crippen molar-refractivity contribution in [1.82, 2.24) is 9.97 Å². The van der Waals surface area contributed by atoms with E-state index in [0.29, 0.717) is 27.2 Å². The van der Waals surface area contributed by atoms with Crippen molar-refractivity contribution >= 4 is 35.1 Å². The Morgan fingerprint density at radius 1 is 1.06 bits per heavy atom. The first-order valence-corrected chi connectivity index (χ1v) is 12.2. The molecule has 4 aromatic rings. The van der Waals surface area contributed by atoms with E-state index in [-0.39, 0.29) is 17.4 Å². The standard InChI is InChI=1S/C26H22FN3O2S2/c1-17-6-12-22(13-7-17)34-23-15-28-26(33-16-18-8-10-19(27)11-9-18)30-24(23)25(31)29-20-4-3-5-21(14-20)32-2/h3-15H,16H2,1-2H3,(H,29,31). The first kappa shape index (κ1) is 23.8. The molecule has 5 nitrogen and oxygen atoms in total. The Balaban J connectivity index is 1.59. The minimum Gasteiger partial charge on any atom is -0.497 e. The second kappa shape index (κ2) is 11.2. The van der Waals surface area contributed by atoms with Crippen molar-refractivity contribution in [3.63, 3.8) is 0 Å². The molecule has 0 saturated heterocycles. The molecule has 0 aliphatic rings. The lowest BCUT2D eigenvalue weighted by atomic mass is 10.2. The molecule has 3 aromatic carbocycles. The number of benzene rings is 3. The van der Waals surface area contributed by atoms with E-state index in [2.05, 4.69) is 15.3 Å². The maximum Gasteiger partial charge on any atom is 0.275 e. The van der Waals surface area contributed by atoms with Crippen LogP contribution in [0.15, 0.2) is 93.9 Å². The first-order chi connectivity index (χ1) is 16.5. The Morgan fingerprint density at radius 2 is 1.82 bits per heavy atom. The number of ether oxygens (including phenoxy) is 1. The van der Waals surface area contributed by atoms with Gasteiger partial charge in [-0.05, 0) is 48.9 Å². The molecule has 0 radical (unpaired) electrons. The molecule has 0 fully saturated rings. The van der Waals surface area contributed by atoms with Gasteiger partial charge in [-0.1, -0.05) is 59.4 Å². The Labute approximate surface area is 206 Å². The van der Waals surface area contributed by atoms with Crippen LogP contribution in [-0.4, -0.2) is 23.0 Å². The highest BCUT2D eigenvalue weighted by molar-refractivity contribution is 7.99. The average Bonchev–Trinajstić information content (AvgIpc) is 2.85. The predicted molar refractivity (Wildman–Crippen MR) is 134 cm³/mol. The second-order valence-corrected chi connectivity index (χ2v) is 9.44. The molecular weight excluding hydrogens is 469 g/mol. The van der Waals surface area contributed by atoms with Crippen molar-refractivity contribution in [2.45, 2.75) is 27.6 Å². The maximum absolute atomic E-state index is 13.2. The Bertz CT molecular complexity index is 1280. The van der Waals surface area contributed by atoms with Crippen LogP contribution >= 0.6 is 23.5 Å². The summed E-state index contributed by atoms with van der Waals surface area (Å²) in [6.45, 7) is 2.03. The highest BCUT2D eigenvalue weighted by Crippen LogP contribution is 2.32. The molecule has 0 aliphatic carbocycles. The summed E-state index contributed by atoms with van der Waals surface area (Å²) in [6, 6.07) is 21.5. The number of aryl methyl sites for hydroxylation is 1. The Morgan fingerprint density at radius 3 is 2.56 bits per heavy atom. The molecule has 1 amide bonds. The van der Waals surface area contributed by atoms with E-state index >= 15 is 0 Å². The molecule has 0 unspecified atom stereocenters. The normalized spacial score (nSPS) is 10.7. The molecule has 34 heavy (non-hydrogen) atoms. The van der Waals surface area contributed by atoms with E-state index in [1.54, 1.807) is 43.6 Å². The molecule has 1 heterocycles. The van der Waals surface area contributed by atoms with E-state index in [0.717, 1.165) is 16.0 Å². The summed E-state index contributed by atoms with van der Waals surface area (Å²) in [7, 11) is 1.58. The molecule has 0 spiro atoms. The van der Waals surface area contributed by atoms with Gasteiger partial charge in [-0.2, -0.15) is 0 Å². The number of carbonyl (C=O) groups is 1. The Hall–Kier alpha value is -3.36. The average molecular weight is 492 g/mol. The van der Waals surface area contributed by atoms with E-state index in [1.807, 2.05) is 37.3 Å². The molecule has 0 bridgehead atoms. The van der Waals surface area contributed by atoms with E-state index in [9.17, 15) is 9.18 Å². The molecule has 8 heteroatoms. The van der Waals surface area contributed by atoms with Crippen LogP contribution in [0.5, 0.6) is 5.75 Å². The van der Waals surface area contributed by atoms with Crippen molar-refractivity contribution in [3.8, 4) is 5.75 Å². The number of nitrogens with zero attached hydrogens (tertiary/aromatic N) is 2. The van der Waals surface area contributed by atoms with Gasteiger partial charge in [0, 0.05) is 28.6 Å². The molecule has 1 N–H and O–H groups in total. The van der Waals surface area contributed by atoms with Gasteiger partial charge >= 0.3 is 0 Å². The number of hydrogen-bond acceptors (Lipinski definition) is 6. The van der Waals surface area contributed by atoms with Crippen molar-refractivity contribution in [2.75, 3.05) is 12.4 Å². The van der Waals surface area contributed by atoms with Crippen LogP contribution in [0.2, 0.25) is 0 Å². The number of thioether (sulfide) groups is 1. The Kier molecular flexibility index (Phi) is 7.82. The smallest absolute Gasteiger partial charge is 0.275 e. The summed E-state index contributed by atoms with van der Waals surface area (Å²) in [5.41, 5.74) is 2.99. The summed E-state index contributed by atoms with van der Waals surface area (Å²) in [4.78, 5) is 23.9. The van der Waals surface area contributed by atoms with Gasteiger partial charge in [0.05, 0.1) is 12.0 Å².